The van der Waals surface area contributed by atoms with Crippen molar-refractivity contribution in [2.24, 2.45) is 35.5 Å². The second kappa shape index (κ2) is 7.30. The van der Waals surface area contributed by atoms with Gasteiger partial charge in [-0.15, -0.1) is 0 Å². The normalized spacial score (nSPS) is 31.3. The number of carbonyl (C=O) groups excluding carboxylic acids is 3. The number of nitrogens with zero attached hydrogens (tertiary/aromatic N) is 1. The van der Waals surface area contributed by atoms with E-state index in [1.807, 2.05) is 24.3 Å². The van der Waals surface area contributed by atoms with Gasteiger partial charge in [0.1, 0.15) is 18.0 Å². The molecule has 1 N–H and O–H groups in total. The zero-order valence-electron chi connectivity index (χ0n) is 17.1. The van der Waals surface area contributed by atoms with Crippen molar-refractivity contribution in [2.75, 3.05) is 11.9 Å². The van der Waals surface area contributed by atoms with Crippen LogP contribution >= 0.6 is 15.9 Å². The minimum Gasteiger partial charge on any atom is -0.457 e. The Kier molecular flexibility index (Phi) is 4.50. The van der Waals surface area contributed by atoms with Crippen LogP contribution < -0.4 is 10.1 Å². The SMILES string of the molecule is O=C(CN1C(=O)[C@@H]2[C@H]3C=C[C@@H]([C@@H]4C[C@@H]34)[C@H]2C1=O)Nc1ccc(Oc2ccc(Br)cc2)cc1. The van der Waals surface area contributed by atoms with E-state index < -0.39 is 0 Å². The van der Waals surface area contributed by atoms with Gasteiger partial charge in [-0.25, -0.2) is 0 Å². The van der Waals surface area contributed by atoms with Crippen molar-refractivity contribution in [1.82, 2.24) is 4.90 Å². The van der Waals surface area contributed by atoms with Gasteiger partial charge in [0.25, 0.3) is 0 Å². The lowest BCUT2D eigenvalue weighted by Crippen LogP contribution is -2.40. The van der Waals surface area contributed by atoms with Crippen LogP contribution in [0.1, 0.15) is 6.42 Å². The summed E-state index contributed by atoms with van der Waals surface area (Å²) in [7, 11) is 0. The molecule has 6 nitrogen and oxygen atoms in total. The quantitative estimate of drug-likeness (QED) is 0.500. The molecule has 0 unspecified atom stereocenters. The summed E-state index contributed by atoms with van der Waals surface area (Å²) in [5.74, 6) is 1.49. The number of ether oxygens (including phenoxy) is 1. The molecule has 2 aromatic rings. The number of likely N-dealkylation sites (tertiary alicyclic amines) is 1. The summed E-state index contributed by atoms with van der Waals surface area (Å²) in [4.78, 5) is 39.8. The van der Waals surface area contributed by atoms with E-state index in [0.29, 0.717) is 29.0 Å². The first-order valence-electron chi connectivity index (χ1n) is 10.9. The highest BCUT2D eigenvalue weighted by molar-refractivity contribution is 9.10. The fourth-order valence-corrected chi connectivity index (χ4v) is 6.03. The summed E-state index contributed by atoms with van der Waals surface area (Å²) in [6.45, 7) is -0.239. The van der Waals surface area contributed by atoms with Crippen LogP contribution in [0.25, 0.3) is 0 Å². The highest BCUT2D eigenvalue weighted by Gasteiger charge is 2.67. The Morgan fingerprint density at radius 3 is 2.00 bits per heavy atom. The van der Waals surface area contributed by atoms with E-state index >= 15 is 0 Å². The Labute approximate surface area is 193 Å². The lowest BCUT2D eigenvalue weighted by Gasteiger charge is -2.37. The molecule has 3 fully saturated rings. The molecule has 5 aliphatic rings. The van der Waals surface area contributed by atoms with E-state index in [1.54, 1.807) is 24.3 Å². The van der Waals surface area contributed by atoms with Crippen LogP contribution in [-0.2, 0) is 14.4 Å². The van der Waals surface area contributed by atoms with Crippen molar-refractivity contribution in [3.05, 3.63) is 65.2 Å². The number of carbonyl (C=O) groups is 3. The van der Waals surface area contributed by atoms with Gasteiger partial charge in [0.15, 0.2) is 0 Å². The molecule has 162 valence electrons. The minimum atomic E-state index is -0.377. The third-order valence-electron chi connectivity index (χ3n) is 7.24. The van der Waals surface area contributed by atoms with E-state index in [0.717, 1.165) is 10.9 Å². The standard InChI is InChI=1S/C25H21BrN2O4/c26-13-1-5-15(6-2-13)32-16-7-3-14(4-8-16)27-21(29)12-28-24(30)22-17-9-10-18(20-11-19(17)20)23(22)25(28)31/h1-10,17-20,22-23H,11-12H2,(H,27,29)/t17-,18-,19-,20-,22+,23+/m0/s1. The Bertz CT molecular complexity index is 1110. The Balaban J connectivity index is 1.09. The molecule has 4 aliphatic carbocycles. The Morgan fingerprint density at radius 1 is 0.906 bits per heavy atom. The number of imide groups is 1. The molecule has 6 atom stereocenters. The number of amides is 3. The van der Waals surface area contributed by atoms with Gasteiger partial charge >= 0.3 is 0 Å². The topological polar surface area (TPSA) is 75.7 Å². The van der Waals surface area contributed by atoms with Crippen LogP contribution in [0, 0.1) is 35.5 Å². The Hall–Kier alpha value is -2.93. The average Bonchev–Trinajstić information content (AvgIpc) is 3.58. The van der Waals surface area contributed by atoms with Crippen molar-refractivity contribution in [2.45, 2.75) is 6.42 Å². The van der Waals surface area contributed by atoms with Gasteiger partial charge in [0.05, 0.1) is 11.8 Å². The number of allylic oxidation sites excluding steroid dienone is 2. The lowest BCUT2D eigenvalue weighted by molar-refractivity contribution is -0.142. The maximum absolute atomic E-state index is 13.0. The second-order valence-electron chi connectivity index (χ2n) is 9.05. The van der Waals surface area contributed by atoms with Gasteiger partial charge < -0.3 is 10.1 Å². The summed E-state index contributed by atoms with van der Waals surface area (Å²) in [5, 5.41) is 2.78. The van der Waals surface area contributed by atoms with Gasteiger partial charge in [-0.2, -0.15) is 0 Å². The van der Waals surface area contributed by atoms with Gasteiger partial charge in [-0.05, 0) is 78.6 Å². The predicted molar refractivity (Wildman–Crippen MR) is 121 cm³/mol. The number of hydrogen-bond acceptors (Lipinski definition) is 4. The zero-order chi connectivity index (χ0) is 22.0. The monoisotopic (exact) mass is 492 g/mol. The fourth-order valence-electron chi connectivity index (χ4n) is 5.76. The van der Waals surface area contributed by atoms with Crippen LogP contribution in [0.4, 0.5) is 5.69 Å². The number of hydrogen-bond donors (Lipinski definition) is 1. The lowest BCUT2D eigenvalue weighted by atomic mass is 9.63. The highest BCUT2D eigenvalue weighted by atomic mass is 79.9. The van der Waals surface area contributed by atoms with Crippen molar-refractivity contribution in [3.8, 4) is 11.5 Å². The molecule has 1 heterocycles. The molecular weight excluding hydrogens is 472 g/mol. The summed E-state index contributed by atoms with van der Waals surface area (Å²) in [6.07, 6.45) is 5.39. The van der Waals surface area contributed by atoms with Gasteiger partial charge in [-0.1, -0.05) is 28.1 Å². The van der Waals surface area contributed by atoms with Gasteiger partial charge in [0.2, 0.25) is 17.7 Å². The van der Waals surface area contributed by atoms with Crippen LogP contribution in [-0.4, -0.2) is 29.2 Å². The highest BCUT2D eigenvalue weighted by Crippen LogP contribution is 2.65. The first-order valence-corrected chi connectivity index (χ1v) is 11.7. The van der Waals surface area contributed by atoms with E-state index in [4.69, 9.17) is 4.74 Å². The minimum absolute atomic E-state index is 0.165. The molecule has 7 rings (SSSR count). The van der Waals surface area contributed by atoms with E-state index in [1.165, 1.54) is 4.90 Å². The zero-order valence-corrected chi connectivity index (χ0v) is 18.7. The first kappa shape index (κ1) is 19.7. The molecule has 7 heteroatoms. The molecule has 2 aromatic carbocycles. The summed E-state index contributed by atoms with van der Waals surface area (Å²) in [5.41, 5.74) is 0.581. The van der Waals surface area contributed by atoms with Crippen LogP contribution in [0.5, 0.6) is 11.5 Å². The Morgan fingerprint density at radius 2 is 1.44 bits per heavy atom. The molecule has 32 heavy (non-hydrogen) atoms. The molecule has 1 saturated heterocycles. The van der Waals surface area contributed by atoms with Crippen LogP contribution in [0.3, 0.4) is 0 Å². The van der Waals surface area contributed by atoms with Crippen LogP contribution in [0.15, 0.2) is 65.2 Å². The van der Waals surface area contributed by atoms with Crippen LogP contribution in [0.2, 0.25) is 0 Å². The molecule has 0 radical (unpaired) electrons. The molecular formula is C25H21BrN2O4. The number of nitrogens with one attached hydrogen (secondary N) is 1. The molecule has 0 aromatic heterocycles. The van der Waals surface area contributed by atoms with Crippen molar-refractivity contribution >= 4 is 39.3 Å². The van der Waals surface area contributed by atoms with Gasteiger partial charge in [0, 0.05) is 10.2 Å². The van der Waals surface area contributed by atoms with Gasteiger partial charge in [-0.3, -0.25) is 19.3 Å². The largest absolute Gasteiger partial charge is 0.457 e. The van der Waals surface area contributed by atoms with Crippen molar-refractivity contribution < 1.29 is 19.1 Å². The fraction of sp³-hybridized carbons (Fsp3) is 0.320. The first-order chi connectivity index (χ1) is 15.5. The van der Waals surface area contributed by atoms with E-state index in [9.17, 15) is 14.4 Å². The predicted octanol–water partition coefficient (Wildman–Crippen LogP) is 4.23. The average molecular weight is 493 g/mol. The second-order valence-corrected chi connectivity index (χ2v) is 9.96. The van der Waals surface area contributed by atoms with Crippen molar-refractivity contribution in [1.29, 1.82) is 0 Å². The third-order valence-corrected chi connectivity index (χ3v) is 7.77. The molecule has 0 spiro atoms. The van der Waals surface area contributed by atoms with Crippen molar-refractivity contribution in [3.63, 3.8) is 0 Å². The number of anilines is 1. The van der Waals surface area contributed by atoms with E-state index in [-0.39, 0.29) is 47.9 Å². The number of rotatable bonds is 5. The summed E-state index contributed by atoms with van der Waals surface area (Å²) in [6, 6.07) is 14.5. The molecule has 3 amide bonds. The van der Waals surface area contributed by atoms with E-state index in [2.05, 4.69) is 33.4 Å². The number of benzene rings is 2. The maximum Gasteiger partial charge on any atom is 0.244 e. The smallest absolute Gasteiger partial charge is 0.244 e. The molecule has 2 saturated carbocycles. The molecule has 2 bridgehead atoms. The molecule has 1 aliphatic heterocycles. The summed E-state index contributed by atoms with van der Waals surface area (Å²) < 4.78 is 6.75. The number of halogens is 1. The summed E-state index contributed by atoms with van der Waals surface area (Å²) >= 11 is 3.39. The third kappa shape index (κ3) is 3.18. The maximum atomic E-state index is 13.0.